The van der Waals surface area contributed by atoms with Crippen molar-refractivity contribution in [3.63, 3.8) is 0 Å². The van der Waals surface area contributed by atoms with Crippen molar-refractivity contribution in [1.82, 2.24) is 5.32 Å². The zero-order chi connectivity index (χ0) is 52.2. The highest BCUT2D eigenvalue weighted by Gasteiger charge is 2.78. The molecule has 3 aromatic carbocycles. The van der Waals surface area contributed by atoms with Crippen molar-refractivity contribution in [2.75, 3.05) is 52.8 Å². The molecule has 3 aromatic rings. The zero-order valence-corrected chi connectivity index (χ0v) is 53.2. The van der Waals surface area contributed by atoms with Crippen LogP contribution in [-0.2, 0) is 74.3 Å². The van der Waals surface area contributed by atoms with Crippen LogP contribution in [0.1, 0.15) is 63.9 Å². The number of ether oxygens (including phenoxy) is 6. The number of amides is 1. The van der Waals surface area contributed by atoms with Crippen LogP contribution in [0.25, 0.3) is 11.1 Å². The van der Waals surface area contributed by atoms with Crippen LogP contribution in [0.15, 0.2) is 72.8 Å². The molecule has 0 spiro atoms. The van der Waals surface area contributed by atoms with Gasteiger partial charge < -0.3 is 87.2 Å². The number of nitrogens with one attached hydrogen (secondary N) is 1. The van der Waals surface area contributed by atoms with Gasteiger partial charge in [0, 0.05) is 45.8 Å². The summed E-state index contributed by atoms with van der Waals surface area (Å²) in [7, 11) is -30.7. The Labute approximate surface area is 446 Å². The lowest BCUT2D eigenvalue weighted by atomic mass is 10.1. The van der Waals surface area contributed by atoms with Gasteiger partial charge in [0.25, 0.3) is 0 Å². The Balaban J connectivity index is 0.669. The second-order valence-corrected chi connectivity index (χ2v) is 43.3. The van der Waals surface area contributed by atoms with Gasteiger partial charge in [-0.25, -0.2) is 4.79 Å². The molecule has 74 heavy (non-hydrogen) atoms. The van der Waals surface area contributed by atoms with Gasteiger partial charge in [0.05, 0.1) is 33.0 Å². The summed E-state index contributed by atoms with van der Waals surface area (Å²) >= 11 is 0. The monoisotopic (exact) mass is 1190 g/mol. The molecule has 0 radical (unpaired) electrons. The summed E-state index contributed by atoms with van der Waals surface area (Å²) < 4.78 is 120. The minimum absolute atomic E-state index is 0.0681. The molecule has 0 saturated carbocycles. The molecule has 6 fully saturated rings. The number of unbranched alkanes of at least 4 members (excludes halogenated alkanes) is 7. The summed E-state index contributed by atoms with van der Waals surface area (Å²) in [6.45, 7) is 16.0. The molecule has 6 saturated heterocycles. The van der Waals surface area contributed by atoms with Crippen molar-refractivity contribution >= 4 is 87.3 Å². The van der Waals surface area contributed by atoms with Crippen molar-refractivity contribution in [2.45, 2.75) is 110 Å². The van der Waals surface area contributed by atoms with Crippen molar-refractivity contribution in [3.05, 3.63) is 78.4 Å². The summed E-state index contributed by atoms with van der Waals surface area (Å²) in [5, 5.41) is 2.78. The Bertz CT molecular complexity index is 2170. The predicted octanol–water partition coefficient (Wildman–Crippen LogP) is 6.94. The molecular formula is C44H73NO20Si9. The summed E-state index contributed by atoms with van der Waals surface area (Å²) in [4.78, 5) is 12.7. The van der Waals surface area contributed by atoms with Crippen LogP contribution in [0.3, 0.4) is 0 Å². The largest absolute Gasteiger partial charge is 0.646 e. The number of alkyl carbamates (subject to hydrolysis) is 1. The zero-order valence-electron chi connectivity index (χ0n) is 43.6. The van der Waals surface area contributed by atoms with E-state index in [-0.39, 0.29) is 13.2 Å². The first-order chi connectivity index (χ1) is 35.5. The molecule has 0 aromatic heterocycles. The third-order valence-electron chi connectivity index (χ3n) is 11.9. The first-order valence-electron chi connectivity index (χ1n) is 25.7. The first-order valence-corrected chi connectivity index (χ1v) is 43.7. The second kappa shape index (κ2) is 26.1. The summed E-state index contributed by atoms with van der Waals surface area (Å²) in [6, 6.07) is 24.1. The molecule has 410 valence electrons. The third-order valence-corrected chi connectivity index (χ3v) is 47.4. The Kier molecular flexibility index (Phi) is 20.4. The maximum absolute atomic E-state index is 12.7. The Hall–Kier alpha value is -2.32. The molecule has 0 unspecified atom stereocenters. The summed E-state index contributed by atoms with van der Waals surface area (Å²) in [5.41, 5.74) is 2.95. The molecular weight excluding hydrogens is 1120 g/mol. The van der Waals surface area contributed by atoms with E-state index >= 15 is 0 Å². The van der Waals surface area contributed by atoms with Crippen LogP contribution in [0.2, 0.25) is 45.3 Å². The highest BCUT2D eigenvalue weighted by atomic mass is 28.6. The smallest absolute Gasteiger partial charge is 0.494 e. The quantitative estimate of drug-likeness (QED) is 0.0552. The molecule has 6 aliphatic rings. The Morgan fingerprint density at radius 2 is 0.986 bits per heavy atom. The van der Waals surface area contributed by atoms with E-state index in [9.17, 15) is 4.79 Å². The summed E-state index contributed by atoms with van der Waals surface area (Å²) in [6.07, 6.45) is 9.65. The van der Waals surface area contributed by atoms with Crippen molar-refractivity contribution in [3.8, 4) is 28.4 Å². The van der Waals surface area contributed by atoms with Gasteiger partial charge in [-0.05, 0) is 65.6 Å². The van der Waals surface area contributed by atoms with Crippen LogP contribution >= 0.6 is 0 Å². The molecule has 30 heteroatoms. The average molecular weight is 1190 g/mol. The fraction of sp³-hybridized carbons (Fsp3) is 0.568. The highest BCUT2D eigenvalue weighted by molar-refractivity contribution is 7.00. The van der Waals surface area contributed by atoms with Gasteiger partial charge in [-0.1, -0.05) is 88.3 Å². The van der Waals surface area contributed by atoms with E-state index in [0.29, 0.717) is 51.4 Å². The van der Waals surface area contributed by atoms with E-state index in [4.69, 9.17) is 81.9 Å². The van der Waals surface area contributed by atoms with E-state index in [1.807, 2.05) is 54.6 Å². The topological polar surface area (TPSA) is 204 Å². The van der Waals surface area contributed by atoms with Gasteiger partial charge in [0.15, 0.2) is 9.76 Å². The number of hydrogen-bond acceptors (Lipinski definition) is 20. The number of benzene rings is 3. The van der Waals surface area contributed by atoms with Crippen LogP contribution in [0, 0.1) is 0 Å². The molecule has 0 aliphatic carbocycles. The average Bonchev–Trinajstić information content (AvgIpc) is 3.31. The van der Waals surface area contributed by atoms with E-state index in [0.717, 1.165) is 41.2 Å². The number of rotatable bonds is 29. The first kappa shape index (κ1) is 57.8. The minimum atomic E-state index is -4.22. The fourth-order valence-corrected chi connectivity index (χ4v) is 52.7. The molecule has 1 N–H and O–H groups in total. The van der Waals surface area contributed by atoms with Crippen LogP contribution < -0.4 is 19.5 Å². The lowest BCUT2D eigenvalue weighted by Crippen LogP contribution is -2.85. The van der Waals surface area contributed by atoms with Gasteiger partial charge in [-0.2, -0.15) is 0 Å². The number of carbonyl (C=O) groups excluding carboxylic acids is 1. The van der Waals surface area contributed by atoms with Crippen LogP contribution in [0.5, 0.6) is 17.2 Å². The van der Waals surface area contributed by atoms with E-state index in [1.165, 1.54) is 44.9 Å². The van der Waals surface area contributed by atoms with Crippen molar-refractivity contribution in [2.24, 2.45) is 0 Å². The standard InChI is InChI=1S/C44H73NO20Si9/c1-8-9-10-11-12-13-14-15-27-49-42-20-16-18-39(35-42)40-19-17-21-43(36-40)51-33-31-48-29-28-47-30-32-50-41-24-22-38(23-25-41)37-52-44(46)45-26-34-66-53-74-63-71(5)57-68(2)54-67-55-69(3,59-71)61-73(7,65-74)62-70(4,56-67)60-72(6,58-68)64-74/h16-25,35-36,67H,8-15,26-34,37,66H2,1-7H3,(H,45,46). The molecule has 21 nitrogen and oxygen atoms in total. The molecule has 1 amide bonds. The predicted molar refractivity (Wildman–Crippen MR) is 287 cm³/mol. The van der Waals surface area contributed by atoms with Gasteiger partial charge in [0.2, 0.25) is 0 Å². The van der Waals surface area contributed by atoms with Crippen LogP contribution in [0.4, 0.5) is 4.79 Å². The Morgan fingerprint density at radius 1 is 0.527 bits per heavy atom. The maximum Gasteiger partial charge on any atom is 0.646 e. The molecule has 9 rings (SSSR count). The summed E-state index contributed by atoms with van der Waals surface area (Å²) in [5.74, 6) is 2.34. The van der Waals surface area contributed by atoms with E-state index in [1.54, 1.807) is 39.3 Å². The van der Waals surface area contributed by atoms with Crippen molar-refractivity contribution in [1.29, 1.82) is 0 Å². The van der Waals surface area contributed by atoms with Gasteiger partial charge in [-0.15, -0.1) is 0 Å². The Morgan fingerprint density at radius 3 is 1.50 bits per heavy atom. The van der Waals surface area contributed by atoms with Gasteiger partial charge in [-0.3, -0.25) is 0 Å². The normalized spacial score (nSPS) is 31.1. The van der Waals surface area contributed by atoms with E-state index in [2.05, 4.69) is 30.4 Å². The molecule has 0 atom stereocenters. The van der Waals surface area contributed by atoms with Crippen LogP contribution in [-0.4, -0.2) is 140 Å². The lowest BCUT2D eigenvalue weighted by Gasteiger charge is -2.58. The highest BCUT2D eigenvalue weighted by Crippen LogP contribution is 2.46. The third kappa shape index (κ3) is 17.1. The number of hydrogen-bond donors (Lipinski definition) is 1. The SMILES string of the molecule is CCCCCCCCCCOc1cccc(-c2cccc(OCCOCCOCCOc3ccc(COC(=O)NCC[SiH2]O[Si]45O[Si]6(C)O[Si]7(C)O[SiH]8O[Si](C)(O6)O[Si](C)(O[Si](C)(O8)O[Si](C)(O7)O4)O5)cc3)c2)c1. The molecule has 6 aliphatic heterocycles. The fourth-order valence-electron chi connectivity index (χ4n) is 8.90. The van der Waals surface area contributed by atoms with Crippen molar-refractivity contribution < 1.29 is 86.7 Å². The van der Waals surface area contributed by atoms with Gasteiger partial charge in [0.1, 0.15) is 37.1 Å². The second-order valence-electron chi connectivity index (χ2n) is 18.9. The minimum Gasteiger partial charge on any atom is -0.494 e. The van der Waals surface area contributed by atoms with E-state index < -0.39 is 87.3 Å². The molecule has 8 bridgehead atoms. The maximum atomic E-state index is 12.7. The molecule has 6 heterocycles. The lowest BCUT2D eigenvalue weighted by molar-refractivity contribution is -0.0313. The number of carbonyl (C=O) groups is 1. The van der Waals surface area contributed by atoms with Gasteiger partial charge >= 0.3 is 77.5 Å².